The van der Waals surface area contributed by atoms with Gasteiger partial charge >= 0.3 is 11.9 Å². The minimum atomic E-state index is -1.21. The highest BCUT2D eigenvalue weighted by Crippen LogP contribution is 1.94. The number of aliphatic imine (C=N–C) groups is 1. The molecule has 21 heavy (non-hydrogen) atoms. The molecule has 0 saturated heterocycles. The molecule has 0 fully saturated rings. The predicted octanol–water partition coefficient (Wildman–Crippen LogP) is -3.27. The van der Waals surface area contributed by atoms with Gasteiger partial charge in [-0.25, -0.2) is 0 Å². The molecule has 0 radical (unpaired) electrons. The highest BCUT2D eigenvalue weighted by atomic mass is 16.4. The van der Waals surface area contributed by atoms with Gasteiger partial charge in [-0.05, 0) is 12.8 Å². The summed E-state index contributed by atoms with van der Waals surface area (Å²) >= 11 is 0. The predicted molar refractivity (Wildman–Crippen MR) is 74.9 cm³/mol. The second kappa shape index (κ2) is 11.4. The van der Waals surface area contributed by atoms with Gasteiger partial charge in [-0.3, -0.25) is 19.4 Å². The van der Waals surface area contributed by atoms with E-state index in [9.17, 15) is 14.4 Å². The van der Waals surface area contributed by atoms with E-state index in [1.54, 1.807) is 0 Å². The van der Waals surface area contributed by atoms with Crippen molar-refractivity contribution in [2.24, 2.45) is 33.7 Å². The molecular formula is C10H22N6O5. The summed E-state index contributed by atoms with van der Waals surface area (Å²) in [6, 6.07) is -1.98. The van der Waals surface area contributed by atoms with Crippen molar-refractivity contribution in [1.29, 1.82) is 0 Å². The number of hydrogen-bond donors (Lipinski definition) is 7. The molecule has 0 spiro atoms. The standard InChI is InChI=1S/C6H14N4O2.C4H8N2O3/c7-4(5(11)12)2-1-3-10-6(8)9;5-2(4(8)9)1-3(6)7/h4H,1-3,7H2,(H,11,12)(H4,8,9,10);2H,1,5H2,(H2,6,7)(H,8,9)/t4-;2-/m00/s1. The number of rotatable bonds is 8. The zero-order valence-corrected chi connectivity index (χ0v) is 11.4. The Labute approximate surface area is 121 Å². The first-order valence-electron chi connectivity index (χ1n) is 5.88. The number of carbonyl (C=O) groups excluding carboxylic acids is 1. The number of carboxylic acids is 2. The van der Waals surface area contributed by atoms with Crippen LogP contribution in [0.5, 0.6) is 0 Å². The Morgan fingerprint density at radius 3 is 1.71 bits per heavy atom. The number of aliphatic carboxylic acids is 2. The van der Waals surface area contributed by atoms with Gasteiger partial charge in [0, 0.05) is 6.54 Å². The first kappa shape index (κ1) is 20.9. The first-order valence-corrected chi connectivity index (χ1v) is 5.88. The van der Waals surface area contributed by atoms with Crippen LogP contribution >= 0.6 is 0 Å². The van der Waals surface area contributed by atoms with Gasteiger partial charge in [0.25, 0.3) is 0 Å². The van der Waals surface area contributed by atoms with Gasteiger partial charge < -0.3 is 38.9 Å². The molecule has 12 N–H and O–H groups in total. The van der Waals surface area contributed by atoms with Gasteiger partial charge in [0.1, 0.15) is 12.1 Å². The van der Waals surface area contributed by atoms with E-state index in [1.807, 2.05) is 0 Å². The lowest BCUT2D eigenvalue weighted by Crippen LogP contribution is -2.34. The van der Waals surface area contributed by atoms with E-state index in [1.165, 1.54) is 0 Å². The van der Waals surface area contributed by atoms with Crippen LogP contribution in [-0.2, 0) is 14.4 Å². The second-order valence-corrected chi connectivity index (χ2v) is 4.01. The molecule has 11 heteroatoms. The number of hydrogen-bond acceptors (Lipinski definition) is 6. The highest BCUT2D eigenvalue weighted by Gasteiger charge is 2.13. The lowest BCUT2D eigenvalue weighted by atomic mass is 10.2. The molecule has 122 valence electrons. The van der Waals surface area contributed by atoms with E-state index in [0.29, 0.717) is 19.4 Å². The molecular weight excluding hydrogens is 284 g/mol. The summed E-state index contributed by atoms with van der Waals surface area (Å²) in [7, 11) is 0. The topological polar surface area (TPSA) is 234 Å². The van der Waals surface area contributed by atoms with Crippen LogP contribution in [-0.4, -0.2) is 52.6 Å². The van der Waals surface area contributed by atoms with Gasteiger partial charge in [-0.15, -0.1) is 0 Å². The molecule has 1 amide bonds. The van der Waals surface area contributed by atoms with Crippen molar-refractivity contribution in [2.75, 3.05) is 6.54 Å². The van der Waals surface area contributed by atoms with Crippen LogP contribution in [0.15, 0.2) is 4.99 Å². The summed E-state index contributed by atoms with van der Waals surface area (Å²) in [6.45, 7) is 0.420. The average Bonchev–Trinajstić information content (AvgIpc) is 2.33. The Bertz CT molecular complexity index is 382. The molecule has 0 saturated carbocycles. The molecule has 11 nitrogen and oxygen atoms in total. The van der Waals surface area contributed by atoms with E-state index in [4.69, 9.17) is 33.1 Å². The quantitative estimate of drug-likeness (QED) is 0.135. The van der Waals surface area contributed by atoms with Gasteiger partial charge in [0.15, 0.2) is 5.96 Å². The molecule has 0 rings (SSSR count). The first-order chi connectivity index (χ1) is 9.57. The third kappa shape index (κ3) is 15.5. The maximum absolute atomic E-state index is 10.2. The van der Waals surface area contributed by atoms with Crippen LogP contribution in [0.3, 0.4) is 0 Å². The summed E-state index contributed by atoms with van der Waals surface area (Å²) in [4.78, 5) is 33.8. The molecule has 0 aromatic rings. The van der Waals surface area contributed by atoms with Gasteiger partial charge in [-0.1, -0.05) is 0 Å². The Balaban J connectivity index is 0. The van der Waals surface area contributed by atoms with E-state index in [-0.39, 0.29) is 12.4 Å². The third-order valence-corrected chi connectivity index (χ3v) is 2.02. The molecule has 2 atom stereocenters. The highest BCUT2D eigenvalue weighted by molar-refractivity contribution is 5.83. The number of carboxylic acid groups (broad SMARTS) is 2. The minimum absolute atomic E-state index is 0.0129. The average molecular weight is 306 g/mol. The van der Waals surface area contributed by atoms with Crippen molar-refractivity contribution in [2.45, 2.75) is 31.3 Å². The number of nitrogens with zero attached hydrogens (tertiary/aromatic N) is 1. The van der Waals surface area contributed by atoms with Crippen molar-refractivity contribution in [1.82, 2.24) is 0 Å². The Hall–Kier alpha value is -2.40. The van der Waals surface area contributed by atoms with Crippen molar-refractivity contribution < 1.29 is 24.6 Å². The Morgan fingerprint density at radius 1 is 0.952 bits per heavy atom. The maximum Gasteiger partial charge on any atom is 0.321 e. The normalized spacial score (nSPS) is 12.3. The van der Waals surface area contributed by atoms with Gasteiger partial charge in [0.2, 0.25) is 5.91 Å². The largest absolute Gasteiger partial charge is 0.480 e. The van der Waals surface area contributed by atoms with E-state index < -0.39 is 29.9 Å². The van der Waals surface area contributed by atoms with Gasteiger partial charge in [0.05, 0.1) is 6.42 Å². The van der Waals surface area contributed by atoms with E-state index in [2.05, 4.69) is 10.7 Å². The van der Waals surface area contributed by atoms with Gasteiger partial charge in [-0.2, -0.15) is 0 Å². The van der Waals surface area contributed by atoms with Crippen molar-refractivity contribution in [3.63, 3.8) is 0 Å². The number of amides is 1. The zero-order valence-electron chi connectivity index (χ0n) is 11.4. The van der Waals surface area contributed by atoms with Crippen LogP contribution in [0.4, 0.5) is 0 Å². The molecule has 0 aliphatic heterocycles. The van der Waals surface area contributed by atoms with Crippen LogP contribution in [0.2, 0.25) is 0 Å². The fourth-order valence-electron chi connectivity index (χ4n) is 0.947. The van der Waals surface area contributed by atoms with Crippen LogP contribution in [0, 0.1) is 0 Å². The fraction of sp³-hybridized carbons (Fsp3) is 0.600. The minimum Gasteiger partial charge on any atom is -0.480 e. The second-order valence-electron chi connectivity index (χ2n) is 4.01. The summed E-state index contributed by atoms with van der Waals surface area (Å²) in [5.74, 6) is -2.91. The molecule has 0 heterocycles. The number of guanidine groups is 1. The lowest BCUT2D eigenvalue weighted by Gasteiger charge is -2.03. The van der Waals surface area contributed by atoms with Crippen molar-refractivity contribution in [3.05, 3.63) is 0 Å². The van der Waals surface area contributed by atoms with E-state index in [0.717, 1.165) is 0 Å². The molecule has 0 aromatic carbocycles. The molecule has 0 aliphatic rings. The number of nitrogens with two attached hydrogens (primary N) is 5. The molecule has 0 aromatic heterocycles. The SMILES string of the molecule is NC(=O)C[C@H](N)C(=O)O.NC(N)=NCCC[C@H](N)C(=O)O. The monoisotopic (exact) mass is 306 g/mol. The Morgan fingerprint density at radius 2 is 1.43 bits per heavy atom. The Kier molecular flexibility index (Phi) is 11.4. The zero-order chi connectivity index (χ0) is 17.0. The number of carbonyl (C=O) groups is 3. The van der Waals surface area contributed by atoms with Crippen LogP contribution < -0.4 is 28.7 Å². The lowest BCUT2D eigenvalue weighted by molar-refractivity contribution is -0.140. The third-order valence-electron chi connectivity index (χ3n) is 2.02. The number of primary amides is 1. The molecule has 0 aliphatic carbocycles. The fourth-order valence-corrected chi connectivity index (χ4v) is 0.947. The van der Waals surface area contributed by atoms with Crippen LogP contribution in [0.25, 0.3) is 0 Å². The summed E-state index contributed by atoms with van der Waals surface area (Å²) in [5.41, 5.74) is 24.9. The summed E-state index contributed by atoms with van der Waals surface area (Å²) < 4.78 is 0. The maximum atomic E-state index is 10.2. The van der Waals surface area contributed by atoms with E-state index >= 15 is 0 Å². The summed E-state index contributed by atoms with van der Waals surface area (Å²) in [6.07, 6.45) is 0.646. The molecule has 0 bridgehead atoms. The summed E-state index contributed by atoms with van der Waals surface area (Å²) in [5, 5.41) is 16.5. The van der Waals surface area contributed by atoms with Crippen molar-refractivity contribution in [3.8, 4) is 0 Å². The van der Waals surface area contributed by atoms with Crippen molar-refractivity contribution >= 4 is 23.8 Å². The van der Waals surface area contributed by atoms with Crippen LogP contribution in [0.1, 0.15) is 19.3 Å². The molecule has 0 unspecified atom stereocenters. The smallest absolute Gasteiger partial charge is 0.321 e.